The molecular formula is C8H14Cl2O3. The van der Waals surface area contributed by atoms with Gasteiger partial charge in [0.05, 0.1) is 6.10 Å². The molecular weight excluding hydrogens is 215 g/mol. The summed E-state index contributed by atoms with van der Waals surface area (Å²) in [5.74, 6) is -0.578. The second-order valence-corrected chi connectivity index (χ2v) is 3.69. The van der Waals surface area contributed by atoms with Gasteiger partial charge in [0.1, 0.15) is 0 Å². The molecule has 0 spiro atoms. The Kier molecular flexibility index (Phi) is 7.42. The van der Waals surface area contributed by atoms with Crippen LogP contribution in [-0.2, 0) is 4.79 Å². The lowest BCUT2D eigenvalue weighted by Gasteiger charge is -2.12. The molecule has 2 atom stereocenters. The molecule has 0 rings (SSSR count). The lowest BCUT2D eigenvalue weighted by molar-refractivity contribution is -0.138. The second kappa shape index (κ2) is 7.42. The Labute approximate surface area is 87.7 Å². The van der Waals surface area contributed by atoms with Crippen molar-refractivity contribution in [2.24, 2.45) is 0 Å². The van der Waals surface area contributed by atoms with Crippen LogP contribution in [0.15, 0.2) is 0 Å². The number of carboxylic acid groups (broad SMARTS) is 1. The van der Waals surface area contributed by atoms with Crippen molar-refractivity contribution in [1.82, 2.24) is 0 Å². The minimum Gasteiger partial charge on any atom is -0.480 e. The number of halogens is 2. The van der Waals surface area contributed by atoms with Crippen LogP contribution < -0.4 is 0 Å². The van der Waals surface area contributed by atoms with Crippen LogP contribution in [0.4, 0.5) is 0 Å². The summed E-state index contributed by atoms with van der Waals surface area (Å²) in [5, 5.41) is 16.5. The summed E-state index contributed by atoms with van der Waals surface area (Å²) in [6.07, 6.45) is 1.98. The van der Waals surface area contributed by atoms with E-state index in [4.69, 9.17) is 28.3 Å². The third-order valence-electron chi connectivity index (χ3n) is 1.71. The Morgan fingerprint density at radius 1 is 1.31 bits per heavy atom. The van der Waals surface area contributed by atoms with E-state index in [9.17, 15) is 9.90 Å². The van der Waals surface area contributed by atoms with Crippen LogP contribution in [-0.4, -0.2) is 33.5 Å². The van der Waals surface area contributed by atoms with Crippen LogP contribution in [0.3, 0.4) is 0 Å². The van der Waals surface area contributed by atoms with Crippen molar-refractivity contribution in [3.8, 4) is 0 Å². The first kappa shape index (κ1) is 13.0. The molecule has 0 aromatic rings. The molecule has 0 radical (unpaired) electrons. The molecule has 0 aromatic carbocycles. The average molecular weight is 229 g/mol. The van der Waals surface area contributed by atoms with Gasteiger partial charge >= 0.3 is 5.97 Å². The second-order valence-electron chi connectivity index (χ2n) is 2.85. The van der Waals surface area contributed by atoms with Crippen LogP contribution >= 0.6 is 23.2 Å². The number of aliphatic hydroxyl groups is 1. The number of unbranched alkanes of at least 4 members (excludes halogenated alkanes) is 2. The normalized spacial score (nSPS) is 15.3. The average Bonchev–Trinajstić information content (AvgIpc) is 2.10. The van der Waals surface area contributed by atoms with Gasteiger partial charge in [-0.25, -0.2) is 0 Å². The minimum absolute atomic E-state index is 0.414. The summed E-state index contributed by atoms with van der Waals surface area (Å²) < 4.78 is 0. The molecule has 0 aliphatic heterocycles. The Bertz CT molecular complexity index is 152. The predicted octanol–water partition coefficient (Wildman–Crippen LogP) is 1.84. The highest BCUT2D eigenvalue weighted by atomic mass is 35.5. The molecule has 5 heteroatoms. The molecule has 3 nitrogen and oxygen atoms in total. The van der Waals surface area contributed by atoms with Crippen LogP contribution in [0, 0.1) is 0 Å². The van der Waals surface area contributed by atoms with Gasteiger partial charge in [-0.2, -0.15) is 0 Å². The van der Waals surface area contributed by atoms with E-state index in [0.29, 0.717) is 12.3 Å². The van der Waals surface area contributed by atoms with Gasteiger partial charge in [-0.15, -0.1) is 23.2 Å². The molecule has 0 saturated heterocycles. The molecule has 0 saturated carbocycles. The van der Waals surface area contributed by atoms with Gasteiger partial charge in [0.2, 0.25) is 0 Å². The fourth-order valence-corrected chi connectivity index (χ4v) is 1.25. The van der Waals surface area contributed by atoms with Gasteiger partial charge in [-0.3, -0.25) is 4.79 Å². The zero-order valence-corrected chi connectivity index (χ0v) is 8.76. The van der Waals surface area contributed by atoms with Crippen molar-refractivity contribution in [3.05, 3.63) is 0 Å². The Morgan fingerprint density at radius 2 is 1.92 bits per heavy atom. The lowest BCUT2D eigenvalue weighted by atomic mass is 10.1. The number of aliphatic carboxylic acids is 1. The van der Waals surface area contributed by atoms with E-state index in [1.54, 1.807) is 0 Å². The van der Waals surface area contributed by atoms with E-state index in [1.807, 2.05) is 0 Å². The highest BCUT2D eigenvalue weighted by molar-refractivity contribution is 6.30. The molecule has 2 N–H and O–H groups in total. The first-order valence-electron chi connectivity index (χ1n) is 4.20. The topological polar surface area (TPSA) is 57.5 Å². The fraction of sp³-hybridized carbons (Fsp3) is 0.875. The van der Waals surface area contributed by atoms with Crippen molar-refractivity contribution in [1.29, 1.82) is 0 Å². The maximum absolute atomic E-state index is 10.3. The van der Waals surface area contributed by atoms with E-state index < -0.39 is 17.5 Å². The fourth-order valence-electron chi connectivity index (χ4n) is 0.936. The van der Waals surface area contributed by atoms with E-state index in [0.717, 1.165) is 19.3 Å². The minimum atomic E-state index is -1.20. The largest absolute Gasteiger partial charge is 0.480 e. The smallest absolute Gasteiger partial charge is 0.324 e. The number of aliphatic hydroxyl groups excluding tert-OH is 1. The van der Waals surface area contributed by atoms with E-state index in [1.165, 1.54) is 0 Å². The van der Waals surface area contributed by atoms with Crippen molar-refractivity contribution < 1.29 is 15.0 Å². The zero-order chi connectivity index (χ0) is 10.3. The first-order chi connectivity index (χ1) is 6.09. The summed E-state index contributed by atoms with van der Waals surface area (Å²) in [7, 11) is 0. The molecule has 78 valence electrons. The van der Waals surface area contributed by atoms with Gasteiger partial charge in [-0.05, 0) is 12.8 Å². The van der Waals surface area contributed by atoms with Crippen LogP contribution in [0.2, 0.25) is 0 Å². The third kappa shape index (κ3) is 6.13. The summed E-state index contributed by atoms with van der Waals surface area (Å²) >= 11 is 10.9. The number of rotatable bonds is 7. The van der Waals surface area contributed by atoms with Crippen molar-refractivity contribution in [2.75, 3.05) is 5.88 Å². The standard InChI is InChI=1S/C8H14Cl2O3/c9-5-3-1-2-4-6(11)7(10)8(12)13/h6-7,11H,1-5H2,(H,12,13). The summed E-state index contributed by atoms with van der Waals surface area (Å²) in [6.45, 7) is 0. The predicted molar refractivity (Wildman–Crippen MR) is 52.5 cm³/mol. The third-order valence-corrected chi connectivity index (χ3v) is 2.45. The van der Waals surface area contributed by atoms with Crippen molar-refractivity contribution in [2.45, 2.75) is 37.2 Å². The monoisotopic (exact) mass is 228 g/mol. The molecule has 0 heterocycles. The Morgan fingerprint density at radius 3 is 2.38 bits per heavy atom. The quantitative estimate of drug-likeness (QED) is 0.517. The summed E-state index contributed by atoms with van der Waals surface area (Å²) in [6, 6.07) is 0. The Balaban J connectivity index is 3.50. The van der Waals surface area contributed by atoms with Gasteiger partial charge in [-0.1, -0.05) is 12.8 Å². The molecule has 13 heavy (non-hydrogen) atoms. The van der Waals surface area contributed by atoms with E-state index >= 15 is 0 Å². The summed E-state index contributed by atoms with van der Waals surface area (Å²) in [5.41, 5.74) is 0. The SMILES string of the molecule is O=C(O)C(Cl)C(O)CCCCCCl. The molecule has 0 fully saturated rings. The molecule has 0 aromatic heterocycles. The van der Waals surface area contributed by atoms with E-state index in [-0.39, 0.29) is 0 Å². The number of carboxylic acids is 1. The highest BCUT2D eigenvalue weighted by Crippen LogP contribution is 2.11. The molecule has 0 aliphatic rings. The van der Waals surface area contributed by atoms with E-state index in [2.05, 4.69) is 0 Å². The number of hydrogen-bond acceptors (Lipinski definition) is 2. The van der Waals surface area contributed by atoms with Gasteiger partial charge in [0.15, 0.2) is 5.38 Å². The Hall–Kier alpha value is 0.01000. The maximum Gasteiger partial charge on any atom is 0.324 e. The van der Waals surface area contributed by atoms with Gasteiger partial charge in [0.25, 0.3) is 0 Å². The van der Waals surface area contributed by atoms with Crippen LogP contribution in [0.1, 0.15) is 25.7 Å². The zero-order valence-electron chi connectivity index (χ0n) is 7.25. The molecule has 0 aliphatic carbocycles. The van der Waals surface area contributed by atoms with Crippen molar-refractivity contribution in [3.63, 3.8) is 0 Å². The number of alkyl halides is 2. The molecule has 0 bridgehead atoms. The van der Waals surface area contributed by atoms with Crippen LogP contribution in [0.5, 0.6) is 0 Å². The first-order valence-corrected chi connectivity index (χ1v) is 5.17. The number of carbonyl (C=O) groups is 1. The lowest BCUT2D eigenvalue weighted by Crippen LogP contribution is -2.28. The highest BCUT2D eigenvalue weighted by Gasteiger charge is 2.22. The summed E-state index contributed by atoms with van der Waals surface area (Å²) in [4.78, 5) is 10.3. The van der Waals surface area contributed by atoms with Crippen molar-refractivity contribution >= 4 is 29.2 Å². The molecule has 2 unspecified atom stereocenters. The van der Waals surface area contributed by atoms with Crippen LogP contribution in [0.25, 0.3) is 0 Å². The van der Waals surface area contributed by atoms with Gasteiger partial charge < -0.3 is 10.2 Å². The molecule has 0 amide bonds. The maximum atomic E-state index is 10.3. The number of hydrogen-bond donors (Lipinski definition) is 2. The van der Waals surface area contributed by atoms with Gasteiger partial charge in [0, 0.05) is 5.88 Å².